The number of hydrogen-bond donors (Lipinski definition) is 0. The van der Waals surface area contributed by atoms with Crippen molar-refractivity contribution in [3.8, 4) is 0 Å². The van der Waals surface area contributed by atoms with E-state index in [9.17, 15) is 13.2 Å². The second-order valence-electron chi connectivity index (χ2n) is 10.1. The Morgan fingerprint density at radius 2 is 1.71 bits per heavy atom. The van der Waals surface area contributed by atoms with E-state index in [-0.39, 0.29) is 21.9 Å². The normalized spacial score (nSPS) is 15.2. The highest BCUT2D eigenvalue weighted by molar-refractivity contribution is 7.91. The fourth-order valence-corrected chi connectivity index (χ4v) is 5.95. The number of fused-ring (bicyclic) bond motifs is 1. The number of piperazine rings is 1. The molecule has 7 nitrogen and oxygen atoms in total. The van der Waals surface area contributed by atoms with Crippen LogP contribution in [0.1, 0.15) is 40.7 Å². The summed E-state index contributed by atoms with van der Waals surface area (Å²) in [5, 5.41) is 1.11. The van der Waals surface area contributed by atoms with Crippen LogP contribution in [0.25, 0.3) is 10.9 Å². The van der Waals surface area contributed by atoms with Gasteiger partial charge in [0.05, 0.1) is 9.79 Å². The third-order valence-electron chi connectivity index (χ3n) is 6.03. The first-order valence-corrected chi connectivity index (χ1v) is 13.6. The van der Waals surface area contributed by atoms with E-state index < -0.39 is 15.4 Å². The minimum Gasteiger partial charge on any atom is -0.444 e. The van der Waals surface area contributed by atoms with E-state index in [1.807, 2.05) is 51.3 Å². The number of amides is 1. The van der Waals surface area contributed by atoms with Gasteiger partial charge in [-0.2, -0.15) is 0 Å². The average molecular weight is 518 g/mol. The molecule has 0 unspecified atom stereocenters. The van der Waals surface area contributed by atoms with E-state index in [4.69, 9.17) is 16.3 Å². The molecule has 0 radical (unpaired) electrons. The van der Waals surface area contributed by atoms with Crippen molar-refractivity contribution in [1.29, 1.82) is 0 Å². The number of nitrogens with zero attached hydrogens (tertiary/aromatic N) is 3. The van der Waals surface area contributed by atoms with Crippen molar-refractivity contribution in [3.63, 3.8) is 0 Å². The van der Waals surface area contributed by atoms with E-state index in [0.29, 0.717) is 36.6 Å². The highest BCUT2D eigenvalue weighted by Crippen LogP contribution is 2.34. The lowest BCUT2D eigenvalue weighted by atomic mass is 10.2. The maximum atomic E-state index is 13.8. The van der Waals surface area contributed by atoms with Crippen molar-refractivity contribution in [2.45, 2.75) is 56.1 Å². The van der Waals surface area contributed by atoms with E-state index in [0.717, 1.165) is 11.2 Å². The largest absolute Gasteiger partial charge is 0.444 e. The molecular weight excluding hydrogens is 486 g/mol. The Kier molecular flexibility index (Phi) is 6.81. The molecule has 188 valence electrons. The van der Waals surface area contributed by atoms with Crippen molar-refractivity contribution in [1.82, 2.24) is 9.47 Å². The van der Waals surface area contributed by atoms with Gasteiger partial charge in [0.25, 0.3) is 0 Å². The summed E-state index contributed by atoms with van der Waals surface area (Å²) in [6, 6.07) is 12.4. The highest BCUT2D eigenvalue weighted by Gasteiger charge is 2.28. The zero-order valence-electron chi connectivity index (χ0n) is 20.8. The molecule has 1 aliphatic rings. The molecule has 1 amide bonds. The average Bonchev–Trinajstić information content (AvgIpc) is 3.18. The van der Waals surface area contributed by atoms with Gasteiger partial charge < -0.3 is 19.1 Å². The predicted molar refractivity (Wildman–Crippen MR) is 139 cm³/mol. The molecule has 2 heterocycles. The first-order chi connectivity index (χ1) is 16.4. The van der Waals surface area contributed by atoms with Crippen molar-refractivity contribution < 1.29 is 17.9 Å². The zero-order valence-corrected chi connectivity index (χ0v) is 22.4. The van der Waals surface area contributed by atoms with Crippen molar-refractivity contribution >= 4 is 44.1 Å². The molecule has 9 heteroatoms. The summed E-state index contributed by atoms with van der Waals surface area (Å²) >= 11 is 6.22. The molecule has 1 fully saturated rings. The Morgan fingerprint density at radius 3 is 2.34 bits per heavy atom. The van der Waals surface area contributed by atoms with Crippen molar-refractivity contribution in [2.75, 3.05) is 31.1 Å². The van der Waals surface area contributed by atoms with Gasteiger partial charge in [-0.3, -0.25) is 0 Å². The fraction of sp³-hybridized carbons (Fsp3) is 0.423. The molecule has 1 aliphatic heterocycles. The molecule has 0 bridgehead atoms. The number of halogens is 1. The maximum Gasteiger partial charge on any atom is 0.410 e. The molecule has 0 aliphatic carbocycles. The molecular formula is C26H32ClN3O4S. The molecule has 0 N–H and O–H groups in total. The standard InChI is InChI=1S/C26H32ClN3O4S/c1-18(2)30-17-24(22-15-19(27)9-10-23(22)30)35(32,33)21-8-6-7-20(16-21)28-11-13-29(14-12-28)25(31)34-26(3,4)5/h6-10,15-18H,11-14H2,1-5H3. The number of benzene rings is 2. The van der Waals surface area contributed by atoms with Gasteiger partial charge in [0, 0.05) is 60.0 Å². The molecule has 4 rings (SSSR count). The maximum absolute atomic E-state index is 13.8. The van der Waals surface area contributed by atoms with Crippen LogP contribution in [0.5, 0.6) is 0 Å². The van der Waals surface area contributed by atoms with E-state index in [1.165, 1.54) is 0 Å². The van der Waals surface area contributed by atoms with E-state index in [2.05, 4.69) is 4.90 Å². The first-order valence-electron chi connectivity index (χ1n) is 11.7. The predicted octanol–water partition coefficient (Wildman–Crippen LogP) is 5.77. The van der Waals surface area contributed by atoms with Crippen LogP contribution in [-0.4, -0.2) is 55.8 Å². The molecule has 0 saturated carbocycles. The van der Waals surface area contributed by atoms with Crippen molar-refractivity contribution in [2.24, 2.45) is 0 Å². The number of hydrogen-bond acceptors (Lipinski definition) is 5. The van der Waals surface area contributed by atoms with Gasteiger partial charge in [0.15, 0.2) is 0 Å². The van der Waals surface area contributed by atoms with Gasteiger partial charge in [0.2, 0.25) is 9.84 Å². The molecule has 2 aromatic carbocycles. The monoisotopic (exact) mass is 517 g/mol. The van der Waals surface area contributed by atoms with Gasteiger partial charge in [-0.25, -0.2) is 13.2 Å². The first kappa shape index (κ1) is 25.4. The summed E-state index contributed by atoms with van der Waals surface area (Å²) in [6.07, 6.45) is 1.38. The lowest BCUT2D eigenvalue weighted by Gasteiger charge is -2.36. The van der Waals surface area contributed by atoms with Gasteiger partial charge in [-0.1, -0.05) is 17.7 Å². The van der Waals surface area contributed by atoms with Crippen molar-refractivity contribution in [3.05, 3.63) is 53.7 Å². The van der Waals surface area contributed by atoms with Crippen LogP contribution in [0.4, 0.5) is 10.5 Å². The summed E-state index contributed by atoms with van der Waals surface area (Å²) in [4.78, 5) is 16.6. The lowest BCUT2D eigenvalue weighted by molar-refractivity contribution is 0.0240. The Hall–Kier alpha value is -2.71. The fourth-order valence-electron chi connectivity index (χ4n) is 4.29. The Labute approximate surface area is 212 Å². The van der Waals surface area contributed by atoms with Crippen LogP contribution >= 0.6 is 11.6 Å². The van der Waals surface area contributed by atoms with Crippen LogP contribution in [0, 0.1) is 0 Å². The molecule has 35 heavy (non-hydrogen) atoms. The number of ether oxygens (including phenoxy) is 1. The molecule has 1 saturated heterocycles. The molecule has 1 aromatic heterocycles. The number of aromatic nitrogens is 1. The number of rotatable bonds is 4. The summed E-state index contributed by atoms with van der Waals surface area (Å²) < 4.78 is 34.9. The topological polar surface area (TPSA) is 71.9 Å². The third-order valence-corrected chi connectivity index (χ3v) is 8.04. The Balaban J connectivity index is 1.60. The smallest absolute Gasteiger partial charge is 0.410 e. The zero-order chi connectivity index (χ0) is 25.5. The van der Waals surface area contributed by atoms with Gasteiger partial charge in [-0.15, -0.1) is 0 Å². The highest BCUT2D eigenvalue weighted by atomic mass is 35.5. The van der Waals surface area contributed by atoms with E-state index >= 15 is 0 Å². The quantitative estimate of drug-likeness (QED) is 0.439. The SMILES string of the molecule is CC(C)n1cc(S(=O)(=O)c2cccc(N3CCN(C(=O)OC(C)(C)C)CC3)c2)c2cc(Cl)ccc21. The summed E-state index contributed by atoms with van der Waals surface area (Å²) in [6.45, 7) is 11.8. The van der Waals surface area contributed by atoms with E-state index in [1.54, 1.807) is 41.4 Å². The molecule has 3 aromatic rings. The number of carbonyl (C=O) groups is 1. The summed E-state index contributed by atoms with van der Waals surface area (Å²) in [7, 11) is -3.79. The van der Waals surface area contributed by atoms with Crippen LogP contribution in [-0.2, 0) is 14.6 Å². The third kappa shape index (κ3) is 5.28. The Bertz CT molecular complexity index is 1350. The van der Waals surface area contributed by atoms with Gasteiger partial charge >= 0.3 is 6.09 Å². The van der Waals surface area contributed by atoms with Gasteiger partial charge in [0.1, 0.15) is 5.60 Å². The molecule has 0 spiro atoms. The van der Waals surface area contributed by atoms with Gasteiger partial charge in [-0.05, 0) is 71.0 Å². The minimum atomic E-state index is -3.79. The number of sulfone groups is 1. The minimum absolute atomic E-state index is 0.0928. The second-order valence-corrected chi connectivity index (χ2v) is 12.5. The summed E-state index contributed by atoms with van der Waals surface area (Å²) in [5.74, 6) is 0. The summed E-state index contributed by atoms with van der Waals surface area (Å²) in [5.41, 5.74) is 1.10. The lowest BCUT2D eigenvalue weighted by Crippen LogP contribution is -2.50. The second kappa shape index (κ2) is 9.39. The van der Waals surface area contributed by atoms with Crippen LogP contribution in [0.2, 0.25) is 5.02 Å². The van der Waals surface area contributed by atoms with Crippen LogP contribution < -0.4 is 4.90 Å². The molecule has 0 atom stereocenters. The van der Waals surface area contributed by atoms with Crippen LogP contribution in [0.15, 0.2) is 58.5 Å². The number of anilines is 1. The Morgan fingerprint density at radius 1 is 1.03 bits per heavy atom. The number of carbonyl (C=O) groups excluding carboxylic acids is 1. The van der Waals surface area contributed by atoms with Crippen LogP contribution in [0.3, 0.4) is 0 Å².